The highest BCUT2D eigenvalue weighted by Gasteiger charge is 2.32. The van der Waals surface area contributed by atoms with Gasteiger partial charge in [0, 0.05) is 19.8 Å². The molecule has 2 aromatic heterocycles. The van der Waals surface area contributed by atoms with E-state index in [0.29, 0.717) is 35.2 Å². The van der Waals surface area contributed by atoms with E-state index in [9.17, 15) is 9.59 Å². The molecule has 1 aliphatic heterocycles. The standard InChI is InChI=1S/C18H22N6O2/c1-10-16(11(2)23(3)22-10)21-18(26)13-6-14-17(19-7-13)20-8-15(25)24(14)9-12-4-5-12/h6-7,12H,4-5,8-9H2,1-3H3,(H,19,20)(H,21,26). The van der Waals surface area contributed by atoms with Crippen LogP contribution in [0, 0.1) is 19.8 Å². The lowest BCUT2D eigenvalue weighted by Crippen LogP contribution is -2.41. The van der Waals surface area contributed by atoms with Crippen molar-refractivity contribution in [1.29, 1.82) is 0 Å². The minimum atomic E-state index is -0.260. The van der Waals surface area contributed by atoms with Crippen LogP contribution in [-0.4, -0.2) is 39.7 Å². The fourth-order valence-electron chi connectivity index (χ4n) is 3.21. The van der Waals surface area contributed by atoms with E-state index in [2.05, 4.69) is 20.7 Å². The molecule has 0 unspecified atom stereocenters. The molecule has 2 aliphatic rings. The van der Waals surface area contributed by atoms with Crippen LogP contribution >= 0.6 is 0 Å². The molecule has 0 aromatic carbocycles. The molecular weight excluding hydrogens is 332 g/mol. The van der Waals surface area contributed by atoms with Gasteiger partial charge in [0.1, 0.15) is 5.82 Å². The van der Waals surface area contributed by atoms with Crippen LogP contribution < -0.4 is 15.5 Å². The normalized spacial score (nSPS) is 16.3. The molecule has 0 atom stereocenters. The zero-order valence-corrected chi connectivity index (χ0v) is 15.2. The van der Waals surface area contributed by atoms with E-state index in [1.165, 1.54) is 6.20 Å². The first-order valence-corrected chi connectivity index (χ1v) is 8.80. The van der Waals surface area contributed by atoms with Crippen molar-refractivity contribution in [3.05, 3.63) is 29.2 Å². The maximum absolute atomic E-state index is 12.7. The van der Waals surface area contributed by atoms with Gasteiger partial charge in [0.2, 0.25) is 5.91 Å². The second-order valence-corrected chi connectivity index (χ2v) is 7.02. The molecule has 2 amide bonds. The molecule has 0 saturated heterocycles. The number of anilines is 3. The molecule has 4 rings (SSSR count). The summed E-state index contributed by atoms with van der Waals surface area (Å²) in [5.74, 6) is 0.963. The lowest BCUT2D eigenvalue weighted by molar-refractivity contribution is -0.117. The number of fused-ring (bicyclic) bond motifs is 1. The number of pyridine rings is 1. The van der Waals surface area contributed by atoms with Gasteiger partial charge >= 0.3 is 0 Å². The number of nitrogens with zero attached hydrogens (tertiary/aromatic N) is 4. The van der Waals surface area contributed by atoms with Crippen LogP contribution in [0.1, 0.15) is 34.6 Å². The molecule has 0 bridgehead atoms. The van der Waals surface area contributed by atoms with Crippen molar-refractivity contribution in [3.8, 4) is 0 Å². The van der Waals surface area contributed by atoms with Gasteiger partial charge in [-0.15, -0.1) is 0 Å². The number of hydrogen-bond acceptors (Lipinski definition) is 5. The van der Waals surface area contributed by atoms with Gasteiger partial charge in [0.25, 0.3) is 5.91 Å². The first-order chi connectivity index (χ1) is 12.4. The van der Waals surface area contributed by atoms with Gasteiger partial charge in [-0.25, -0.2) is 4.98 Å². The smallest absolute Gasteiger partial charge is 0.257 e. The monoisotopic (exact) mass is 354 g/mol. The Bertz CT molecular complexity index is 899. The van der Waals surface area contributed by atoms with Gasteiger partial charge in [-0.3, -0.25) is 14.3 Å². The maximum atomic E-state index is 12.7. The second-order valence-electron chi connectivity index (χ2n) is 7.02. The Morgan fingerprint density at radius 3 is 2.81 bits per heavy atom. The summed E-state index contributed by atoms with van der Waals surface area (Å²) in [6.45, 7) is 4.70. The van der Waals surface area contributed by atoms with Gasteiger partial charge < -0.3 is 15.5 Å². The number of rotatable bonds is 4. The molecular formula is C18H22N6O2. The topological polar surface area (TPSA) is 92.2 Å². The predicted octanol–water partition coefficient (Wildman–Crippen LogP) is 1.85. The predicted molar refractivity (Wildman–Crippen MR) is 98.4 cm³/mol. The van der Waals surface area contributed by atoms with Crippen LogP contribution in [-0.2, 0) is 11.8 Å². The van der Waals surface area contributed by atoms with Gasteiger partial charge in [-0.1, -0.05) is 0 Å². The largest absolute Gasteiger partial charge is 0.359 e. The van der Waals surface area contributed by atoms with Crippen molar-refractivity contribution >= 4 is 29.0 Å². The highest BCUT2D eigenvalue weighted by Crippen LogP contribution is 2.35. The molecule has 0 radical (unpaired) electrons. The summed E-state index contributed by atoms with van der Waals surface area (Å²) >= 11 is 0. The average Bonchev–Trinajstić information content (AvgIpc) is 3.41. The summed E-state index contributed by atoms with van der Waals surface area (Å²) in [5, 5.41) is 10.3. The Morgan fingerprint density at radius 2 is 2.15 bits per heavy atom. The molecule has 8 heteroatoms. The minimum Gasteiger partial charge on any atom is -0.359 e. The van der Waals surface area contributed by atoms with Crippen LogP contribution in [0.5, 0.6) is 0 Å². The molecule has 2 N–H and O–H groups in total. The SMILES string of the molecule is Cc1nn(C)c(C)c1NC(=O)c1cnc2c(c1)N(CC1CC1)C(=O)CN2. The van der Waals surface area contributed by atoms with E-state index in [-0.39, 0.29) is 18.4 Å². The molecule has 8 nitrogen and oxygen atoms in total. The van der Waals surface area contributed by atoms with Crippen molar-refractivity contribution in [3.63, 3.8) is 0 Å². The van der Waals surface area contributed by atoms with Crippen LogP contribution in [0.4, 0.5) is 17.2 Å². The lowest BCUT2D eigenvalue weighted by Gasteiger charge is -2.29. The quantitative estimate of drug-likeness (QED) is 0.874. The number of amides is 2. The summed E-state index contributed by atoms with van der Waals surface area (Å²) in [6.07, 6.45) is 3.84. The van der Waals surface area contributed by atoms with E-state index in [4.69, 9.17) is 0 Å². The molecule has 0 spiro atoms. The van der Waals surface area contributed by atoms with Crippen LogP contribution in [0.2, 0.25) is 0 Å². The molecule has 1 aliphatic carbocycles. The molecule has 3 heterocycles. The number of hydrogen-bond donors (Lipinski definition) is 2. The number of aromatic nitrogens is 3. The summed E-state index contributed by atoms with van der Waals surface area (Å²) in [6, 6.07) is 1.74. The highest BCUT2D eigenvalue weighted by molar-refractivity contribution is 6.08. The second kappa shape index (κ2) is 6.12. The Labute approximate surface area is 151 Å². The highest BCUT2D eigenvalue weighted by atomic mass is 16.2. The zero-order valence-electron chi connectivity index (χ0n) is 15.2. The summed E-state index contributed by atoms with van der Waals surface area (Å²) in [5.41, 5.74) is 3.45. The van der Waals surface area contributed by atoms with Gasteiger partial charge in [0.15, 0.2) is 0 Å². The van der Waals surface area contributed by atoms with Gasteiger partial charge in [-0.2, -0.15) is 5.10 Å². The van der Waals surface area contributed by atoms with Gasteiger partial charge in [0.05, 0.1) is 34.9 Å². The minimum absolute atomic E-state index is 0.0164. The fourth-order valence-corrected chi connectivity index (χ4v) is 3.21. The summed E-state index contributed by atoms with van der Waals surface area (Å²) < 4.78 is 1.73. The Balaban J connectivity index is 1.62. The molecule has 2 aromatic rings. The molecule has 1 saturated carbocycles. The van der Waals surface area contributed by atoms with Crippen molar-refractivity contribution in [2.75, 3.05) is 28.6 Å². The Kier molecular flexibility index (Phi) is 3.90. The van der Waals surface area contributed by atoms with E-state index >= 15 is 0 Å². The fraction of sp³-hybridized carbons (Fsp3) is 0.444. The van der Waals surface area contributed by atoms with E-state index in [1.54, 1.807) is 15.6 Å². The van der Waals surface area contributed by atoms with Gasteiger partial charge in [-0.05, 0) is 38.7 Å². The van der Waals surface area contributed by atoms with Crippen molar-refractivity contribution < 1.29 is 9.59 Å². The maximum Gasteiger partial charge on any atom is 0.257 e. The third-order valence-electron chi connectivity index (χ3n) is 5.01. The zero-order chi connectivity index (χ0) is 18.4. The van der Waals surface area contributed by atoms with E-state index < -0.39 is 0 Å². The number of carbonyl (C=O) groups excluding carboxylic acids is 2. The third kappa shape index (κ3) is 2.91. The summed E-state index contributed by atoms with van der Waals surface area (Å²) in [4.78, 5) is 31.1. The van der Waals surface area contributed by atoms with E-state index in [0.717, 1.165) is 24.2 Å². The number of aryl methyl sites for hydroxylation is 2. The van der Waals surface area contributed by atoms with Crippen LogP contribution in [0.15, 0.2) is 12.3 Å². The summed E-state index contributed by atoms with van der Waals surface area (Å²) in [7, 11) is 1.84. The number of carbonyl (C=O) groups is 2. The number of nitrogens with one attached hydrogen (secondary N) is 2. The van der Waals surface area contributed by atoms with Crippen molar-refractivity contribution in [2.24, 2.45) is 13.0 Å². The van der Waals surface area contributed by atoms with Crippen molar-refractivity contribution in [1.82, 2.24) is 14.8 Å². The Morgan fingerprint density at radius 1 is 1.38 bits per heavy atom. The van der Waals surface area contributed by atoms with Crippen molar-refractivity contribution in [2.45, 2.75) is 26.7 Å². The van der Waals surface area contributed by atoms with Crippen LogP contribution in [0.25, 0.3) is 0 Å². The van der Waals surface area contributed by atoms with Crippen LogP contribution in [0.3, 0.4) is 0 Å². The Hall–Kier alpha value is -2.90. The average molecular weight is 354 g/mol. The lowest BCUT2D eigenvalue weighted by atomic mass is 10.1. The molecule has 26 heavy (non-hydrogen) atoms. The molecule has 136 valence electrons. The first kappa shape index (κ1) is 16.6. The van der Waals surface area contributed by atoms with E-state index in [1.807, 2.05) is 20.9 Å². The first-order valence-electron chi connectivity index (χ1n) is 8.80. The molecule has 1 fully saturated rings. The third-order valence-corrected chi connectivity index (χ3v) is 5.01.